The van der Waals surface area contributed by atoms with Crippen molar-refractivity contribution in [3.8, 4) is 0 Å². The lowest BCUT2D eigenvalue weighted by Gasteiger charge is -2.41. The number of morpholine rings is 1. The number of hydrogen-bond donors (Lipinski definition) is 1. The molecule has 2 aliphatic rings. The van der Waals surface area contributed by atoms with Gasteiger partial charge in [0.2, 0.25) is 11.8 Å². The molecule has 1 aromatic rings. The molecule has 3 atom stereocenters. The van der Waals surface area contributed by atoms with Crippen LogP contribution in [0.4, 0.5) is 0 Å². The monoisotopic (exact) mass is 402 g/mol. The second kappa shape index (κ2) is 10.2. The number of benzene rings is 1. The van der Waals surface area contributed by atoms with Crippen molar-refractivity contribution in [1.29, 1.82) is 0 Å². The zero-order chi connectivity index (χ0) is 20.8. The molecule has 29 heavy (non-hydrogen) atoms. The summed E-state index contributed by atoms with van der Waals surface area (Å²) in [7, 11) is 0. The summed E-state index contributed by atoms with van der Waals surface area (Å²) in [6.07, 6.45) is 0.169. The number of hydrogen-bond acceptors (Lipinski definition) is 5. The third-order valence-electron chi connectivity index (χ3n) is 5.74. The van der Waals surface area contributed by atoms with Crippen molar-refractivity contribution < 1.29 is 14.3 Å². The molecule has 1 aromatic carbocycles. The van der Waals surface area contributed by atoms with Crippen LogP contribution in [0.3, 0.4) is 0 Å². The van der Waals surface area contributed by atoms with E-state index in [9.17, 15) is 9.59 Å². The highest BCUT2D eigenvalue weighted by Gasteiger charge is 2.32. The average molecular weight is 403 g/mol. The predicted octanol–water partition coefficient (Wildman–Crippen LogP) is 0.945. The van der Waals surface area contributed by atoms with Gasteiger partial charge in [0, 0.05) is 45.8 Å². The Morgan fingerprint density at radius 3 is 2.31 bits per heavy atom. The van der Waals surface area contributed by atoms with E-state index in [1.165, 1.54) is 0 Å². The van der Waals surface area contributed by atoms with Crippen molar-refractivity contribution in [3.63, 3.8) is 0 Å². The molecule has 3 unspecified atom stereocenters. The minimum atomic E-state index is -0.137. The normalized spacial score (nSPS) is 24.9. The van der Waals surface area contributed by atoms with Gasteiger partial charge in [0.1, 0.15) is 0 Å². The molecule has 0 radical (unpaired) electrons. The van der Waals surface area contributed by atoms with Crippen LogP contribution in [0, 0.1) is 0 Å². The van der Waals surface area contributed by atoms with Gasteiger partial charge >= 0.3 is 0 Å². The maximum Gasteiger partial charge on any atom is 0.239 e. The molecule has 160 valence electrons. The summed E-state index contributed by atoms with van der Waals surface area (Å²) in [5, 5.41) is 2.98. The van der Waals surface area contributed by atoms with Crippen LogP contribution in [0.25, 0.3) is 0 Å². The molecule has 0 spiro atoms. The summed E-state index contributed by atoms with van der Waals surface area (Å²) in [6, 6.07) is 9.79. The Kier molecular flexibility index (Phi) is 7.64. The number of carbonyl (C=O) groups excluding carboxylic acids is 2. The smallest absolute Gasteiger partial charge is 0.239 e. The lowest BCUT2D eigenvalue weighted by Crippen LogP contribution is -2.58. The highest BCUT2D eigenvalue weighted by atomic mass is 16.5. The van der Waals surface area contributed by atoms with Crippen LogP contribution in [0.15, 0.2) is 30.3 Å². The van der Waals surface area contributed by atoms with Gasteiger partial charge in [-0.2, -0.15) is 0 Å². The molecular weight excluding hydrogens is 368 g/mol. The molecule has 2 heterocycles. The minimum Gasteiger partial charge on any atom is -0.372 e. The zero-order valence-corrected chi connectivity index (χ0v) is 17.8. The van der Waals surface area contributed by atoms with Crippen LogP contribution in [-0.2, 0) is 20.9 Å². The molecule has 2 aliphatic heterocycles. The van der Waals surface area contributed by atoms with E-state index in [-0.39, 0.29) is 30.1 Å². The molecule has 2 amide bonds. The molecule has 7 heteroatoms. The Bertz CT molecular complexity index is 666. The fourth-order valence-electron chi connectivity index (χ4n) is 4.14. The van der Waals surface area contributed by atoms with Crippen LogP contribution >= 0.6 is 0 Å². The van der Waals surface area contributed by atoms with Gasteiger partial charge in [-0.1, -0.05) is 30.3 Å². The van der Waals surface area contributed by atoms with Gasteiger partial charge in [0.05, 0.1) is 24.8 Å². The standard InChI is InChI=1S/C22H34N4O3/c1-17-14-26(15-18(2)29-17)22(28)19(3)25-11-9-24(10-12-25)16-21(27)23-13-20-7-5-4-6-8-20/h4-8,17-19H,9-16H2,1-3H3,(H,23,27). The van der Waals surface area contributed by atoms with Gasteiger partial charge in [0.15, 0.2) is 0 Å². The molecule has 2 saturated heterocycles. The van der Waals surface area contributed by atoms with Gasteiger partial charge in [-0.25, -0.2) is 0 Å². The summed E-state index contributed by atoms with van der Waals surface area (Å²) in [4.78, 5) is 31.5. The third kappa shape index (κ3) is 6.26. The lowest BCUT2D eigenvalue weighted by atomic mass is 10.1. The van der Waals surface area contributed by atoms with E-state index >= 15 is 0 Å². The van der Waals surface area contributed by atoms with Gasteiger partial charge in [-0.05, 0) is 26.3 Å². The van der Waals surface area contributed by atoms with Crippen molar-refractivity contribution in [2.24, 2.45) is 0 Å². The van der Waals surface area contributed by atoms with Gasteiger partial charge in [-0.3, -0.25) is 19.4 Å². The predicted molar refractivity (Wildman–Crippen MR) is 112 cm³/mol. The third-order valence-corrected chi connectivity index (χ3v) is 5.74. The molecule has 2 fully saturated rings. The highest BCUT2D eigenvalue weighted by molar-refractivity contribution is 5.81. The first-order chi connectivity index (χ1) is 13.9. The first kappa shape index (κ1) is 21.7. The fraction of sp³-hybridized carbons (Fsp3) is 0.636. The van der Waals surface area contributed by atoms with E-state index in [2.05, 4.69) is 15.1 Å². The first-order valence-corrected chi connectivity index (χ1v) is 10.6. The van der Waals surface area contributed by atoms with E-state index in [1.54, 1.807) is 0 Å². The Morgan fingerprint density at radius 2 is 1.69 bits per heavy atom. The topological polar surface area (TPSA) is 65.1 Å². The van der Waals surface area contributed by atoms with Gasteiger partial charge in [-0.15, -0.1) is 0 Å². The summed E-state index contributed by atoms with van der Waals surface area (Å²) < 4.78 is 5.74. The quantitative estimate of drug-likeness (QED) is 0.767. The first-order valence-electron chi connectivity index (χ1n) is 10.6. The largest absolute Gasteiger partial charge is 0.372 e. The second-order valence-electron chi connectivity index (χ2n) is 8.25. The lowest BCUT2D eigenvalue weighted by molar-refractivity contribution is -0.149. The van der Waals surface area contributed by atoms with Crippen molar-refractivity contribution in [2.75, 3.05) is 45.8 Å². The van der Waals surface area contributed by atoms with E-state index in [0.717, 1.165) is 31.7 Å². The highest BCUT2D eigenvalue weighted by Crippen LogP contribution is 2.15. The van der Waals surface area contributed by atoms with E-state index < -0.39 is 0 Å². The summed E-state index contributed by atoms with van der Waals surface area (Å²) in [6.45, 7) is 11.5. The number of nitrogens with one attached hydrogen (secondary N) is 1. The maximum absolute atomic E-state index is 12.9. The van der Waals surface area contributed by atoms with Crippen LogP contribution < -0.4 is 5.32 Å². The SMILES string of the molecule is CC1CN(C(=O)C(C)N2CCN(CC(=O)NCc3ccccc3)CC2)CC(C)O1. The van der Waals surface area contributed by atoms with E-state index in [0.29, 0.717) is 26.2 Å². The molecule has 7 nitrogen and oxygen atoms in total. The number of carbonyl (C=O) groups is 2. The summed E-state index contributed by atoms with van der Waals surface area (Å²) >= 11 is 0. The Hall–Kier alpha value is -1.96. The minimum absolute atomic E-state index is 0.0442. The number of piperazine rings is 1. The van der Waals surface area contributed by atoms with Crippen LogP contribution in [-0.4, -0.2) is 90.6 Å². The molecule has 1 N–H and O–H groups in total. The van der Waals surface area contributed by atoms with Crippen molar-refractivity contribution in [2.45, 2.75) is 45.6 Å². The maximum atomic E-state index is 12.9. The number of rotatable bonds is 6. The Morgan fingerprint density at radius 1 is 1.07 bits per heavy atom. The Balaban J connectivity index is 1.40. The van der Waals surface area contributed by atoms with E-state index in [4.69, 9.17) is 4.74 Å². The van der Waals surface area contributed by atoms with Crippen molar-refractivity contribution in [3.05, 3.63) is 35.9 Å². The molecule has 0 aliphatic carbocycles. The average Bonchev–Trinajstić information content (AvgIpc) is 2.72. The van der Waals surface area contributed by atoms with Gasteiger partial charge in [0.25, 0.3) is 0 Å². The number of nitrogens with zero attached hydrogens (tertiary/aromatic N) is 3. The van der Waals surface area contributed by atoms with Crippen LogP contribution in [0.5, 0.6) is 0 Å². The van der Waals surface area contributed by atoms with E-state index in [1.807, 2.05) is 56.0 Å². The molecular formula is C22H34N4O3. The summed E-state index contributed by atoms with van der Waals surface area (Å²) in [5.41, 5.74) is 1.10. The van der Waals surface area contributed by atoms with Crippen LogP contribution in [0.2, 0.25) is 0 Å². The van der Waals surface area contributed by atoms with Crippen molar-refractivity contribution in [1.82, 2.24) is 20.0 Å². The second-order valence-corrected chi connectivity index (χ2v) is 8.25. The Labute approximate surface area is 174 Å². The molecule has 0 aromatic heterocycles. The molecule has 0 bridgehead atoms. The number of amides is 2. The fourth-order valence-corrected chi connectivity index (χ4v) is 4.14. The van der Waals surface area contributed by atoms with Gasteiger partial charge < -0.3 is 15.0 Å². The number of ether oxygens (including phenoxy) is 1. The van der Waals surface area contributed by atoms with Crippen molar-refractivity contribution >= 4 is 11.8 Å². The van der Waals surface area contributed by atoms with Crippen LogP contribution in [0.1, 0.15) is 26.3 Å². The summed E-state index contributed by atoms with van der Waals surface area (Å²) in [5.74, 6) is 0.226. The molecule has 3 rings (SSSR count). The zero-order valence-electron chi connectivity index (χ0n) is 17.8. The molecule has 0 saturated carbocycles.